The Morgan fingerprint density at radius 1 is 0.970 bits per heavy atom. The molecule has 0 aliphatic heterocycles. The Labute approximate surface area is 201 Å². The molecule has 0 radical (unpaired) electrons. The van der Waals surface area contributed by atoms with Crippen LogP contribution in [0.5, 0.6) is 0 Å². The van der Waals surface area contributed by atoms with Crippen molar-refractivity contribution in [1.82, 2.24) is 9.55 Å². The highest BCUT2D eigenvalue weighted by Gasteiger charge is 2.27. The van der Waals surface area contributed by atoms with E-state index < -0.39 is 17.2 Å². The predicted molar refractivity (Wildman–Crippen MR) is 133 cm³/mol. The molecule has 1 atom stereocenters. The van der Waals surface area contributed by atoms with E-state index in [-0.39, 0.29) is 5.69 Å². The first kappa shape index (κ1) is 27.0. The zero-order valence-corrected chi connectivity index (χ0v) is 21.0. The van der Waals surface area contributed by atoms with E-state index in [0.717, 1.165) is 42.2 Å². The summed E-state index contributed by atoms with van der Waals surface area (Å²) in [5.74, 6) is -2.02. The summed E-state index contributed by atoms with van der Waals surface area (Å²) in [6, 6.07) is 7.68. The number of nitrogens with zero attached hydrogens (tertiary/aromatic N) is 2. The third kappa shape index (κ3) is 8.22. The SMILES string of the molecule is CCCCCCCCCCCCc1ccccc1C(Sc1nc(C)c(C(=O)O)n1C)C(=O)O. The van der Waals surface area contributed by atoms with Gasteiger partial charge in [-0.05, 0) is 30.9 Å². The molecule has 0 saturated heterocycles. The summed E-state index contributed by atoms with van der Waals surface area (Å²) >= 11 is 1.09. The average molecular weight is 475 g/mol. The topological polar surface area (TPSA) is 92.4 Å². The van der Waals surface area contributed by atoms with Gasteiger partial charge in [-0.3, -0.25) is 4.79 Å². The molecule has 0 fully saturated rings. The number of carboxylic acid groups (broad SMARTS) is 2. The first-order valence-electron chi connectivity index (χ1n) is 12.1. The van der Waals surface area contributed by atoms with Crippen molar-refractivity contribution in [3.05, 3.63) is 46.8 Å². The summed E-state index contributed by atoms with van der Waals surface area (Å²) in [5.41, 5.74) is 2.28. The van der Waals surface area contributed by atoms with Crippen LogP contribution in [0.25, 0.3) is 0 Å². The third-order valence-corrected chi connectivity index (χ3v) is 7.28. The van der Waals surface area contributed by atoms with Crippen molar-refractivity contribution < 1.29 is 19.8 Å². The van der Waals surface area contributed by atoms with Crippen LogP contribution in [0.3, 0.4) is 0 Å². The molecule has 2 N–H and O–H groups in total. The zero-order valence-electron chi connectivity index (χ0n) is 20.2. The van der Waals surface area contributed by atoms with Crippen LogP contribution in [0.15, 0.2) is 29.4 Å². The van der Waals surface area contributed by atoms with Crippen molar-refractivity contribution in [2.45, 2.75) is 94.9 Å². The molecule has 6 nitrogen and oxygen atoms in total. The highest BCUT2D eigenvalue weighted by atomic mass is 32.2. The Balaban J connectivity index is 1.96. The molecule has 0 amide bonds. The number of benzene rings is 1. The zero-order chi connectivity index (χ0) is 24.2. The van der Waals surface area contributed by atoms with Gasteiger partial charge in [-0.15, -0.1) is 0 Å². The van der Waals surface area contributed by atoms with Crippen molar-refractivity contribution in [3.63, 3.8) is 0 Å². The number of imidazole rings is 1. The van der Waals surface area contributed by atoms with Gasteiger partial charge in [-0.1, -0.05) is 101 Å². The van der Waals surface area contributed by atoms with Crippen LogP contribution in [0.1, 0.15) is 104 Å². The molecule has 1 unspecified atom stereocenters. The van der Waals surface area contributed by atoms with Gasteiger partial charge in [0.1, 0.15) is 5.25 Å². The number of aliphatic carboxylic acids is 1. The first-order valence-corrected chi connectivity index (χ1v) is 13.0. The maximum Gasteiger partial charge on any atom is 0.354 e. The molecule has 2 rings (SSSR count). The highest BCUT2D eigenvalue weighted by molar-refractivity contribution is 8.00. The Kier molecular flexibility index (Phi) is 11.5. The van der Waals surface area contributed by atoms with Gasteiger partial charge in [0.25, 0.3) is 0 Å². The van der Waals surface area contributed by atoms with Crippen LogP contribution in [0, 0.1) is 6.92 Å². The van der Waals surface area contributed by atoms with Crippen molar-refractivity contribution in [2.24, 2.45) is 7.05 Å². The van der Waals surface area contributed by atoms with Crippen LogP contribution >= 0.6 is 11.8 Å². The van der Waals surface area contributed by atoms with E-state index in [1.807, 2.05) is 24.3 Å². The Morgan fingerprint density at radius 2 is 1.55 bits per heavy atom. The molecule has 1 heterocycles. The van der Waals surface area contributed by atoms with Gasteiger partial charge in [-0.2, -0.15) is 0 Å². The second kappa shape index (κ2) is 14.1. The molecule has 0 spiro atoms. The fourth-order valence-corrected chi connectivity index (χ4v) is 5.29. The number of aromatic carboxylic acids is 1. The van der Waals surface area contributed by atoms with Crippen LogP contribution in [0.2, 0.25) is 0 Å². The van der Waals surface area contributed by atoms with E-state index in [2.05, 4.69) is 11.9 Å². The summed E-state index contributed by atoms with van der Waals surface area (Å²) in [6.07, 6.45) is 13.5. The lowest BCUT2D eigenvalue weighted by molar-refractivity contribution is -0.136. The minimum absolute atomic E-state index is 0.0836. The maximum absolute atomic E-state index is 12.2. The van der Waals surface area contributed by atoms with E-state index in [1.165, 1.54) is 55.9 Å². The number of thioether (sulfide) groups is 1. The molecule has 0 aliphatic rings. The molecule has 0 aliphatic carbocycles. The summed E-state index contributed by atoms with van der Waals surface area (Å²) < 4.78 is 1.46. The van der Waals surface area contributed by atoms with E-state index in [0.29, 0.717) is 10.9 Å². The largest absolute Gasteiger partial charge is 0.480 e. The first-order chi connectivity index (χ1) is 15.9. The van der Waals surface area contributed by atoms with Crippen LogP contribution < -0.4 is 0 Å². The van der Waals surface area contributed by atoms with Crippen molar-refractivity contribution >= 4 is 23.7 Å². The molecular formula is C26H38N2O4S. The second-order valence-corrected chi connectivity index (χ2v) is 9.73. The van der Waals surface area contributed by atoms with Crippen molar-refractivity contribution in [2.75, 3.05) is 0 Å². The quantitative estimate of drug-likeness (QED) is 0.205. The number of hydrogen-bond acceptors (Lipinski definition) is 4. The molecular weight excluding hydrogens is 436 g/mol. The number of hydrogen-bond donors (Lipinski definition) is 2. The summed E-state index contributed by atoms with van der Waals surface area (Å²) in [4.78, 5) is 28.0. The van der Waals surface area contributed by atoms with E-state index in [4.69, 9.17) is 0 Å². The minimum atomic E-state index is -1.07. The Hall–Kier alpha value is -2.28. The van der Waals surface area contributed by atoms with Crippen LogP contribution in [0.4, 0.5) is 0 Å². The van der Waals surface area contributed by atoms with Gasteiger partial charge in [0, 0.05) is 7.05 Å². The second-order valence-electron chi connectivity index (χ2n) is 8.66. The lowest BCUT2D eigenvalue weighted by atomic mass is 9.98. The number of rotatable bonds is 16. The summed E-state index contributed by atoms with van der Waals surface area (Å²) in [6.45, 7) is 3.87. The monoisotopic (exact) mass is 474 g/mol. The van der Waals surface area contributed by atoms with Crippen LogP contribution in [-0.2, 0) is 18.3 Å². The number of carboxylic acids is 2. The van der Waals surface area contributed by atoms with Gasteiger partial charge < -0.3 is 14.8 Å². The highest BCUT2D eigenvalue weighted by Crippen LogP contribution is 2.37. The van der Waals surface area contributed by atoms with Gasteiger partial charge in [0.2, 0.25) is 0 Å². The minimum Gasteiger partial charge on any atom is -0.480 e. The Morgan fingerprint density at radius 3 is 2.09 bits per heavy atom. The predicted octanol–water partition coefficient (Wildman–Crippen LogP) is 6.81. The number of unbranched alkanes of at least 4 members (excludes halogenated alkanes) is 9. The third-order valence-electron chi connectivity index (χ3n) is 6.02. The van der Waals surface area contributed by atoms with Crippen molar-refractivity contribution in [1.29, 1.82) is 0 Å². The molecule has 2 aromatic rings. The number of aromatic nitrogens is 2. The van der Waals surface area contributed by atoms with Gasteiger partial charge in [0.15, 0.2) is 10.9 Å². The number of carbonyl (C=O) groups is 2. The molecule has 1 aromatic carbocycles. The van der Waals surface area contributed by atoms with Crippen LogP contribution in [-0.4, -0.2) is 31.7 Å². The lowest BCUT2D eigenvalue weighted by Crippen LogP contribution is -2.12. The van der Waals surface area contributed by atoms with E-state index in [1.54, 1.807) is 14.0 Å². The smallest absolute Gasteiger partial charge is 0.354 e. The maximum atomic E-state index is 12.2. The summed E-state index contributed by atoms with van der Waals surface area (Å²) in [7, 11) is 1.61. The molecule has 182 valence electrons. The standard InChI is InChI=1S/C26H38N2O4S/c1-4-5-6-7-8-9-10-11-12-13-16-20-17-14-15-18-21(20)23(25(31)32)33-26-27-19(2)22(24(29)30)28(26)3/h14-15,17-18,23H,4-13,16H2,1-3H3,(H,29,30)(H,31,32). The summed E-state index contributed by atoms with van der Waals surface area (Å²) in [5, 5.41) is 18.9. The van der Waals surface area contributed by atoms with E-state index in [9.17, 15) is 19.8 Å². The Bertz CT molecular complexity index is 910. The van der Waals surface area contributed by atoms with Gasteiger partial charge in [0.05, 0.1) is 5.69 Å². The lowest BCUT2D eigenvalue weighted by Gasteiger charge is -2.16. The van der Waals surface area contributed by atoms with Gasteiger partial charge in [-0.25, -0.2) is 9.78 Å². The molecule has 7 heteroatoms. The van der Waals surface area contributed by atoms with E-state index >= 15 is 0 Å². The molecule has 1 aromatic heterocycles. The average Bonchev–Trinajstić information content (AvgIpc) is 3.06. The molecule has 0 bridgehead atoms. The number of aryl methyl sites for hydroxylation is 2. The molecule has 33 heavy (non-hydrogen) atoms. The van der Waals surface area contributed by atoms with Gasteiger partial charge >= 0.3 is 11.9 Å². The fourth-order valence-electron chi connectivity index (χ4n) is 4.19. The molecule has 0 saturated carbocycles. The fraction of sp³-hybridized carbons (Fsp3) is 0.577. The van der Waals surface area contributed by atoms with Crippen molar-refractivity contribution in [3.8, 4) is 0 Å². The normalized spacial score (nSPS) is 12.1.